The third-order valence-corrected chi connectivity index (χ3v) is 6.05. The normalized spacial score (nSPS) is 11.6. The molecule has 0 saturated heterocycles. The summed E-state index contributed by atoms with van der Waals surface area (Å²) in [5.74, 6) is -3.22. The third-order valence-electron chi connectivity index (χ3n) is 4.97. The summed E-state index contributed by atoms with van der Waals surface area (Å²) >= 11 is 0. The van der Waals surface area contributed by atoms with E-state index in [1.165, 1.54) is 64.7 Å². The van der Waals surface area contributed by atoms with E-state index in [1.807, 2.05) is 0 Å². The van der Waals surface area contributed by atoms with Crippen LogP contribution in [-0.4, -0.2) is 42.7 Å². The van der Waals surface area contributed by atoms with E-state index in [9.17, 15) is 22.8 Å². The first-order valence-corrected chi connectivity index (χ1v) is 13.1. The van der Waals surface area contributed by atoms with Gasteiger partial charge in [-0.2, -0.15) is 8.42 Å². The van der Waals surface area contributed by atoms with Crippen LogP contribution in [0.2, 0.25) is 0 Å². The number of carbonyl (C=O) groups is 3. The van der Waals surface area contributed by atoms with E-state index in [1.54, 1.807) is 0 Å². The van der Waals surface area contributed by atoms with Crippen molar-refractivity contribution in [2.24, 2.45) is 0 Å². The van der Waals surface area contributed by atoms with Crippen molar-refractivity contribution in [3.63, 3.8) is 0 Å². The quantitative estimate of drug-likeness (QED) is 0.0767. The zero-order valence-corrected chi connectivity index (χ0v) is 25.9. The zero-order valence-electron chi connectivity index (χ0n) is 23.1. The zero-order chi connectivity index (χ0) is 23.5. The molecule has 0 aliphatic carbocycles. The van der Waals surface area contributed by atoms with Gasteiger partial charge in [0.25, 0.3) is 10.1 Å². The van der Waals surface area contributed by atoms with Crippen molar-refractivity contribution in [2.45, 2.75) is 115 Å². The Morgan fingerprint density at radius 3 is 1.58 bits per heavy atom. The van der Waals surface area contributed by atoms with Gasteiger partial charge in [0, 0.05) is 6.42 Å². The van der Waals surface area contributed by atoms with Crippen molar-refractivity contribution >= 4 is 28.0 Å². The van der Waals surface area contributed by atoms with E-state index in [0.717, 1.165) is 19.3 Å². The van der Waals surface area contributed by atoms with Crippen LogP contribution in [0.25, 0.3) is 0 Å². The Kier molecular flexibility index (Phi) is 27.9. The van der Waals surface area contributed by atoms with Crippen molar-refractivity contribution in [3.8, 4) is 0 Å². The van der Waals surface area contributed by atoms with Crippen LogP contribution in [0, 0.1) is 0 Å². The largest absolute Gasteiger partial charge is 1.00 e. The predicted molar refractivity (Wildman–Crippen MR) is 120 cm³/mol. The molecule has 0 radical (unpaired) electrons. The van der Waals surface area contributed by atoms with Gasteiger partial charge in [-0.3, -0.25) is 18.9 Å². The van der Waals surface area contributed by atoms with Crippen molar-refractivity contribution in [3.05, 3.63) is 0 Å². The molecule has 0 fully saturated rings. The molecule has 0 aromatic carbocycles. The fourth-order valence-electron chi connectivity index (χ4n) is 3.20. The van der Waals surface area contributed by atoms with Gasteiger partial charge in [-0.25, -0.2) is 0 Å². The SMILES string of the molecule is CCCCCCCCCCCCCCCC(=O)OC(=O)CC(C(=O)OCC)S(=O)(=O)O.[H-].[H-].[Na+].[Na+]. The van der Waals surface area contributed by atoms with Crippen LogP contribution in [0.5, 0.6) is 0 Å². The van der Waals surface area contributed by atoms with Gasteiger partial charge in [0.15, 0.2) is 5.25 Å². The number of hydrogen-bond donors (Lipinski definition) is 1. The Bertz CT molecular complexity index is 637. The Hall–Kier alpha value is 0.520. The molecule has 0 aromatic rings. The van der Waals surface area contributed by atoms with Crippen LogP contribution in [0.4, 0.5) is 0 Å². The molecule has 0 aromatic heterocycles. The molecule has 1 N–H and O–H groups in total. The standard InChI is InChI=1S/C22H40O8S.2Na.2H/c1-3-5-6-7-8-9-10-11-12-13-14-15-16-17-20(23)30-21(24)18-19(31(26,27)28)22(25)29-4-2;;;;/h19H,3-18H2,1-2H3,(H,26,27,28);;;;/q;2*+1;2*-1. The van der Waals surface area contributed by atoms with Crippen LogP contribution >= 0.6 is 0 Å². The smallest absolute Gasteiger partial charge is 1.00 e. The number of carbonyl (C=O) groups excluding carboxylic acids is 3. The summed E-state index contributed by atoms with van der Waals surface area (Å²) in [6, 6.07) is 0. The number of rotatable bonds is 19. The first-order chi connectivity index (χ1) is 14.7. The minimum atomic E-state index is -4.85. The van der Waals surface area contributed by atoms with Crippen molar-refractivity contribution in [2.75, 3.05) is 6.61 Å². The van der Waals surface area contributed by atoms with E-state index in [0.29, 0.717) is 6.42 Å². The maximum Gasteiger partial charge on any atom is 1.00 e. The van der Waals surface area contributed by atoms with E-state index in [2.05, 4.69) is 16.4 Å². The first kappa shape index (κ1) is 38.1. The summed E-state index contributed by atoms with van der Waals surface area (Å²) in [5, 5.41) is -2.09. The van der Waals surface area contributed by atoms with E-state index < -0.39 is 39.7 Å². The van der Waals surface area contributed by atoms with Crippen LogP contribution in [0.15, 0.2) is 0 Å². The van der Waals surface area contributed by atoms with Gasteiger partial charge in [0.1, 0.15) is 0 Å². The van der Waals surface area contributed by atoms with Crippen LogP contribution in [-0.2, 0) is 34.0 Å². The van der Waals surface area contributed by atoms with Crippen LogP contribution in [0.1, 0.15) is 113 Å². The maximum absolute atomic E-state index is 11.7. The topological polar surface area (TPSA) is 124 Å². The van der Waals surface area contributed by atoms with Gasteiger partial charge in [-0.1, -0.05) is 84.0 Å². The van der Waals surface area contributed by atoms with Gasteiger partial charge >= 0.3 is 77.0 Å². The average molecular weight is 513 g/mol. The molecule has 186 valence electrons. The molecule has 1 atom stereocenters. The number of ether oxygens (including phenoxy) is 2. The minimum absolute atomic E-state index is 0. The van der Waals surface area contributed by atoms with Crippen LogP contribution < -0.4 is 59.1 Å². The van der Waals surface area contributed by atoms with Gasteiger partial charge < -0.3 is 12.3 Å². The Morgan fingerprint density at radius 1 is 0.758 bits per heavy atom. The van der Waals surface area contributed by atoms with E-state index in [-0.39, 0.29) is 75.0 Å². The fraction of sp³-hybridized carbons (Fsp3) is 0.864. The van der Waals surface area contributed by atoms with Gasteiger partial charge in [-0.05, 0) is 13.3 Å². The Morgan fingerprint density at radius 2 is 1.18 bits per heavy atom. The molecule has 0 heterocycles. The molecule has 0 spiro atoms. The summed E-state index contributed by atoms with van der Waals surface area (Å²) < 4.78 is 40.6. The Labute approximate surface area is 247 Å². The molecule has 0 aliphatic heterocycles. The van der Waals surface area contributed by atoms with Gasteiger partial charge in [-0.15, -0.1) is 0 Å². The maximum atomic E-state index is 11.7. The summed E-state index contributed by atoms with van der Waals surface area (Å²) in [7, 11) is -4.85. The van der Waals surface area contributed by atoms with Crippen LogP contribution in [0.3, 0.4) is 0 Å². The summed E-state index contributed by atoms with van der Waals surface area (Å²) in [6.45, 7) is 3.56. The number of unbranched alkanes of at least 4 members (excludes halogenated alkanes) is 12. The second kappa shape index (κ2) is 24.2. The Balaban J connectivity index is -0.000000750. The monoisotopic (exact) mass is 512 g/mol. The van der Waals surface area contributed by atoms with Gasteiger partial charge in [0.2, 0.25) is 0 Å². The third kappa shape index (κ3) is 22.7. The molecule has 1 unspecified atom stereocenters. The van der Waals surface area contributed by atoms with E-state index in [4.69, 9.17) is 4.55 Å². The summed E-state index contributed by atoms with van der Waals surface area (Å²) in [4.78, 5) is 35.0. The molecular weight excluding hydrogens is 470 g/mol. The molecule has 0 saturated carbocycles. The summed E-state index contributed by atoms with van der Waals surface area (Å²) in [6.07, 6.45) is 14.2. The molecule has 0 aliphatic rings. The molecular formula is C22H42Na2O8S. The van der Waals surface area contributed by atoms with Crippen molar-refractivity contribution < 1.29 is 98.8 Å². The molecule has 8 nitrogen and oxygen atoms in total. The first-order valence-electron chi connectivity index (χ1n) is 11.6. The second-order valence-corrected chi connectivity index (χ2v) is 9.40. The van der Waals surface area contributed by atoms with Gasteiger partial charge in [0.05, 0.1) is 13.0 Å². The minimum Gasteiger partial charge on any atom is -1.00 e. The van der Waals surface area contributed by atoms with E-state index >= 15 is 0 Å². The molecule has 0 rings (SSSR count). The summed E-state index contributed by atoms with van der Waals surface area (Å²) in [5.41, 5.74) is 0. The fourth-order valence-corrected chi connectivity index (χ4v) is 3.86. The molecule has 11 heteroatoms. The van der Waals surface area contributed by atoms with Crippen molar-refractivity contribution in [1.29, 1.82) is 0 Å². The second-order valence-electron chi connectivity index (χ2n) is 7.80. The predicted octanol–water partition coefficient (Wildman–Crippen LogP) is -1.02. The molecule has 0 bridgehead atoms. The number of hydrogen-bond acceptors (Lipinski definition) is 7. The number of esters is 3. The molecule has 33 heavy (non-hydrogen) atoms. The average Bonchev–Trinajstić information content (AvgIpc) is 2.69. The van der Waals surface area contributed by atoms with Crippen molar-refractivity contribution in [1.82, 2.24) is 0 Å². The molecule has 0 amide bonds.